The lowest BCUT2D eigenvalue weighted by atomic mass is 9.93. The maximum Gasteiger partial charge on any atom is 0.0680 e. The standard InChI is InChI=1S/C16H22N2OS/c1-2-6-17-14(3-1)8-18-11-16(12-18)7-15(10-20-16)19-9-13-4-5-13/h1-3,6,13,15H,4-5,7-12H2/t15-/m1/s1. The van der Waals surface area contributed by atoms with Crippen molar-refractivity contribution in [1.29, 1.82) is 0 Å². The van der Waals surface area contributed by atoms with E-state index < -0.39 is 0 Å². The lowest BCUT2D eigenvalue weighted by Crippen LogP contribution is -2.58. The highest BCUT2D eigenvalue weighted by atomic mass is 32.2. The first-order valence-electron chi connectivity index (χ1n) is 7.69. The van der Waals surface area contributed by atoms with Crippen molar-refractivity contribution in [1.82, 2.24) is 9.88 Å². The van der Waals surface area contributed by atoms with Gasteiger partial charge < -0.3 is 4.74 Å². The van der Waals surface area contributed by atoms with Gasteiger partial charge in [-0.25, -0.2) is 0 Å². The van der Waals surface area contributed by atoms with Gasteiger partial charge in [0.1, 0.15) is 0 Å². The third-order valence-corrected chi connectivity index (χ3v) is 6.15. The fourth-order valence-corrected chi connectivity index (χ4v) is 4.89. The van der Waals surface area contributed by atoms with E-state index in [0.29, 0.717) is 10.9 Å². The predicted octanol–water partition coefficient (Wildman–Crippen LogP) is 2.57. The van der Waals surface area contributed by atoms with Crippen molar-refractivity contribution < 1.29 is 4.74 Å². The summed E-state index contributed by atoms with van der Waals surface area (Å²) in [5.41, 5.74) is 1.19. The van der Waals surface area contributed by atoms with E-state index in [1.54, 1.807) is 0 Å². The van der Waals surface area contributed by atoms with E-state index in [1.807, 2.05) is 12.3 Å². The Labute approximate surface area is 125 Å². The normalized spacial score (nSPS) is 28.7. The van der Waals surface area contributed by atoms with E-state index >= 15 is 0 Å². The van der Waals surface area contributed by atoms with Crippen LogP contribution in [-0.2, 0) is 11.3 Å². The van der Waals surface area contributed by atoms with Gasteiger partial charge in [-0.3, -0.25) is 9.88 Å². The van der Waals surface area contributed by atoms with Crippen LogP contribution in [0.3, 0.4) is 0 Å². The van der Waals surface area contributed by atoms with Gasteiger partial charge in [-0.1, -0.05) is 6.07 Å². The molecule has 108 valence electrons. The average molecular weight is 290 g/mol. The molecule has 0 radical (unpaired) electrons. The van der Waals surface area contributed by atoms with Crippen molar-refractivity contribution in [3.8, 4) is 0 Å². The molecule has 2 aliphatic heterocycles. The van der Waals surface area contributed by atoms with Crippen LogP contribution < -0.4 is 0 Å². The molecular formula is C16H22N2OS. The van der Waals surface area contributed by atoms with E-state index in [-0.39, 0.29) is 0 Å². The molecular weight excluding hydrogens is 268 g/mol. The summed E-state index contributed by atoms with van der Waals surface area (Å²) in [6, 6.07) is 6.17. The van der Waals surface area contributed by atoms with Crippen molar-refractivity contribution >= 4 is 11.8 Å². The fraction of sp³-hybridized carbons (Fsp3) is 0.688. The van der Waals surface area contributed by atoms with Crippen molar-refractivity contribution in [2.75, 3.05) is 25.4 Å². The van der Waals surface area contributed by atoms with Crippen LogP contribution in [0.4, 0.5) is 0 Å². The summed E-state index contributed by atoms with van der Waals surface area (Å²) in [4.78, 5) is 6.93. The van der Waals surface area contributed by atoms with Crippen molar-refractivity contribution in [3.05, 3.63) is 30.1 Å². The molecule has 3 fully saturated rings. The SMILES string of the molecule is c1ccc(CN2CC3(C[C@@H](OCC4CC4)CS3)C2)nc1. The van der Waals surface area contributed by atoms with Gasteiger partial charge in [0.25, 0.3) is 0 Å². The maximum atomic E-state index is 6.06. The first kappa shape index (κ1) is 13.1. The van der Waals surface area contributed by atoms with Crippen molar-refractivity contribution in [3.63, 3.8) is 0 Å². The maximum absolute atomic E-state index is 6.06. The van der Waals surface area contributed by atoms with Crippen LogP contribution in [0.1, 0.15) is 25.0 Å². The highest BCUT2D eigenvalue weighted by molar-refractivity contribution is 8.01. The molecule has 1 spiro atoms. The number of likely N-dealkylation sites (tertiary alicyclic amines) is 1. The first-order chi connectivity index (χ1) is 9.81. The quantitative estimate of drug-likeness (QED) is 0.832. The Bertz CT molecular complexity index is 457. The summed E-state index contributed by atoms with van der Waals surface area (Å²) in [6.07, 6.45) is 6.43. The third-order valence-electron chi connectivity index (χ3n) is 4.57. The molecule has 20 heavy (non-hydrogen) atoms. The minimum atomic E-state index is 0.489. The van der Waals surface area contributed by atoms with Crippen LogP contribution in [-0.4, -0.2) is 46.2 Å². The van der Waals surface area contributed by atoms with Gasteiger partial charge in [0, 0.05) is 42.9 Å². The molecule has 4 rings (SSSR count). The number of aromatic nitrogens is 1. The second-order valence-corrected chi connectivity index (χ2v) is 8.05. The number of hydrogen-bond acceptors (Lipinski definition) is 4. The van der Waals surface area contributed by atoms with Gasteiger partial charge in [0.2, 0.25) is 0 Å². The third kappa shape index (κ3) is 2.87. The lowest BCUT2D eigenvalue weighted by molar-refractivity contribution is 0.0303. The number of thioether (sulfide) groups is 1. The minimum absolute atomic E-state index is 0.489. The van der Waals surface area contributed by atoms with Gasteiger partial charge in [-0.05, 0) is 37.3 Å². The molecule has 0 N–H and O–H groups in total. The molecule has 0 unspecified atom stereocenters. The summed E-state index contributed by atoms with van der Waals surface area (Å²) in [7, 11) is 0. The van der Waals surface area contributed by atoms with Crippen LogP contribution >= 0.6 is 11.8 Å². The summed E-state index contributed by atoms with van der Waals surface area (Å²) >= 11 is 2.14. The summed E-state index contributed by atoms with van der Waals surface area (Å²) in [5.74, 6) is 2.09. The Morgan fingerprint density at radius 3 is 3.00 bits per heavy atom. The summed E-state index contributed by atoms with van der Waals surface area (Å²) in [5, 5.41) is 0. The van der Waals surface area contributed by atoms with Gasteiger partial charge in [0.15, 0.2) is 0 Å². The second-order valence-electron chi connectivity index (χ2n) is 6.56. The van der Waals surface area contributed by atoms with E-state index in [9.17, 15) is 0 Å². The molecule has 1 aromatic heterocycles. The Kier molecular flexibility index (Phi) is 3.49. The molecule has 0 bridgehead atoms. The number of nitrogens with zero attached hydrogens (tertiary/aromatic N) is 2. The predicted molar refractivity (Wildman–Crippen MR) is 81.8 cm³/mol. The monoisotopic (exact) mass is 290 g/mol. The van der Waals surface area contributed by atoms with Crippen LogP contribution in [0.25, 0.3) is 0 Å². The lowest BCUT2D eigenvalue weighted by Gasteiger charge is -2.47. The van der Waals surface area contributed by atoms with Crippen molar-refractivity contribution in [2.45, 2.75) is 36.7 Å². The van der Waals surface area contributed by atoms with Gasteiger partial charge >= 0.3 is 0 Å². The first-order valence-corrected chi connectivity index (χ1v) is 8.68. The van der Waals surface area contributed by atoms with Crippen LogP contribution in [0.2, 0.25) is 0 Å². The molecule has 1 aliphatic carbocycles. The van der Waals surface area contributed by atoms with Gasteiger partial charge in [0.05, 0.1) is 11.8 Å². The summed E-state index contributed by atoms with van der Waals surface area (Å²) < 4.78 is 6.55. The van der Waals surface area contributed by atoms with Gasteiger partial charge in [-0.2, -0.15) is 0 Å². The number of hydrogen-bond donors (Lipinski definition) is 0. The number of rotatable bonds is 5. The fourth-order valence-electron chi connectivity index (χ4n) is 3.29. The van der Waals surface area contributed by atoms with Crippen LogP contribution in [0.5, 0.6) is 0 Å². The second kappa shape index (κ2) is 5.32. The average Bonchev–Trinajstić information content (AvgIpc) is 3.17. The smallest absolute Gasteiger partial charge is 0.0680 e. The number of ether oxygens (including phenoxy) is 1. The summed E-state index contributed by atoms with van der Waals surface area (Å²) in [6.45, 7) is 4.42. The Morgan fingerprint density at radius 1 is 1.35 bits per heavy atom. The van der Waals surface area contributed by atoms with E-state index in [4.69, 9.17) is 4.74 Å². The topological polar surface area (TPSA) is 25.4 Å². The van der Waals surface area contributed by atoms with E-state index in [0.717, 1.165) is 19.1 Å². The molecule has 1 saturated carbocycles. The molecule has 1 aromatic rings. The zero-order valence-electron chi connectivity index (χ0n) is 11.8. The zero-order chi connectivity index (χ0) is 13.4. The molecule has 3 aliphatic rings. The number of pyridine rings is 1. The van der Waals surface area contributed by atoms with E-state index in [2.05, 4.69) is 33.8 Å². The molecule has 0 aromatic carbocycles. The Balaban J connectivity index is 1.23. The van der Waals surface area contributed by atoms with Crippen molar-refractivity contribution in [2.24, 2.45) is 5.92 Å². The molecule has 1 atom stereocenters. The van der Waals surface area contributed by atoms with Gasteiger partial charge in [-0.15, -0.1) is 11.8 Å². The molecule has 2 saturated heterocycles. The Morgan fingerprint density at radius 2 is 2.25 bits per heavy atom. The van der Waals surface area contributed by atoms with Crippen LogP contribution in [0.15, 0.2) is 24.4 Å². The zero-order valence-corrected chi connectivity index (χ0v) is 12.6. The molecule has 0 amide bonds. The highest BCUT2D eigenvalue weighted by Crippen LogP contribution is 2.46. The largest absolute Gasteiger partial charge is 0.377 e. The molecule has 4 heteroatoms. The van der Waals surface area contributed by atoms with Crippen LogP contribution in [0, 0.1) is 5.92 Å². The Hall–Kier alpha value is -0.580. The van der Waals surface area contributed by atoms with E-state index in [1.165, 1.54) is 43.8 Å². The highest BCUT2D eigenvalue weighted by Gasteiger charge is 2.49. The minimum Gasteiger partial charge on any atom is -0.377 e. The molecule has 3 nitrogen and oxygen atoms in total. The molecule has 3 heterocycles.